The highest BCUT2D eigenvalue weighted by atomic mass is 16.5. The SMILES string of the molecule is CC(=O)N1CCC([C@@H]2CN(C(=O)CCc3ccccc3)C[C@H]2COc2ccccc2)CC1. The van der Waals surface area contributed by atoms with Crippen LogP contribution in [0.25, 0.3) is 0 Å². The fourth-order valence-corrected chi connectivity index (χ4v) is 5.23. The number of nitrogens with zero attached hydrogens (tertiary/aromatic N) is 2. The molecule has 2 aromatic rings. The quantitative estimate of drug-likeness (QED) is 0.661. The summed E-state index contributed by atoms with van der Waals surface area (Å²) in [5, 5.41) is 0. The lowest BCUT2D eigenvalue weighted by Gasteiger charge is -2.36. The van der Waals surface area contributed by atoms with Crippen molar-refractivity contribution in [1.29, 1.82) is 0 Å². The predicted octanol–water partition coefficient (Wildman–Crippen LogP) is 4.03. The molecule has 2 aromatic carbocycles. The second-order valence-corrected chi connectivity index (χ2v) is 9.18. The second-order valence-electron chi connectivity index (χ2n) is 9.18. The van der Waals surface area contributed by atoms with Crippen LogP contribution in [0.4, 0.5) is 0 Å². The normalized spacial score (nSPS) is 21.5. The molecule has 170 valence electrons. The molecular weight excluding hydrogens is 400 g/mol. The minimum absolute atomic E-state index is 0.163. The van der Waals surface area contributed by atoms with Crippen LogP contribution in [0.1, 0.15) is 31.7 Å². The molecule has 0 saturated carbocycles. The Labute approximate surface area is 191 Å². The molecule has 0 aliphatic carbocycles. The van der Waals surface area contributed by atoms with E-state index in [-0.39, 0.29) is 11.8 Å². The summed E-state index contributed by atoms with van der Waals surface area (Å²) in [5.41, 5.74) is 1.21. The topological polar surface area (TPSA) is 49.9 Å². The fourth-order valence-electron chi connectivity index (χ4n) is 5.23. The van der Waals surface area contributed by atoms with Crippen LogP contribution in [0.3, 0.4) is 0 Å². The van der Waals surface area contributed by atoms with E-state index in [0.29, 0.717) is 30.8 Å². The highest BCUT2D eigenvalue weighted by Crippen LogP contribution is 2.36. The zero-order valence-corrected chi connectivity index (χ0v) is 19.0. The first-order valence-corrected chi connectivity index (χ1v) is 11.8. The van der Waals surface area contributed by atoms with Gasteiger partial charge in [-0.3, -0.25) is 9.59 Å². The summed E-state index contributed by atoms with van der Waals surface area (Å²) in [6, 6.07) is 20.1. The molecule has 2 heterocycles. The van der Waals surface area contributed by atoms with Crippen LogP contribution < -0.4 is 4.74 Å². The monoisotopic (exact) mass is 434 g/mol. The van der Waals surface area contributed by atoms with Gasteiger partial charge in [-0.15, -0.1) is 0 Å². The largest absolute Gasteiger partial charge is 0.493 e. The van der Waals surface area contributed by atoms with E-state index in [1.165, 1.54) is 5.56 Å². The number of aryl methyl sites for hydroxylation is 1. The maximum atomic E-state index is 13.0. The smallest absolute Gasteiger partial charge is 0.222 e. The van der Waals surface area contributed by atoms with Crippen LogP contribution >= 0.6 is 0 Å². The first-order valence-electron chi connectivity index (χ1n) is 11.8. The molecule has 2 atom stereocenters. The lowest BCUT2D eigenvalue weighted by molar-refractivity contribution is -0.130. The van der Waals surface area contributed by atoms with E-state index in [1.54, 1.807) is 6.92 Å². The molecule has 0 radical (unpaired) electrons. The number of carbonyl (C=O) groups is 2. The third kappa shape index (κ3) is 5.70. The van der Waals surface area contributed by atoms with Crippen molar-refractivity contribution >= 4 is 11.8 Å². The van der Waals surface area contributed by atoms with Gasteiger partial charge in [-0.05, 0) is 48.8 Å². The number of benzene rings is 2. The fraction of sp³-hybridized carbons (Fsp3) is 0.481. The van der Waals surface area contributed by atoms with Crippen LogP contribution in [0.5, 0.6) is 5.75 Å². The number of piperidine rings is 1. The van der Waals surface area contributed by atoms with Gasteiger partial charge in [0.2, 0.25) is 11.8 Å². The summed E-state index contributed by atoms with van der Waals surface area (Å²) in [5.74, 6) is 2.56. The van der Waals surface area contributed by atoms with Gasteiger partial charge >= 0.3 is 0 Å². The van der Waals surface area contributed by atoms with Crippen molar-refractivity contribution in [2.75, 3.05) is 32.8 Å². The number of hydrogen-bond donors (Lipinski definition) is 0. The number of para-hydroxylation sites is 1. The Hall–Kier alpha value is -2.82. The van der Waals surface area contributed by atoms with Gasteiger partial charge < -0.3 is 14.5 Å². The average Bonchev–Trinajstić information content (AvgIpc) is 3.27. The van der Waals surface area contributed by atoms with E-state index in [9.17, 15) is 9.59 Å². The molecule has 0 N–H and O–H groups in total. The second kappa shape index (κ2) is 10.7. The van der Waals surface area contributed by atoms with Crippen molar-refractivity contribution in [1.82, 2.24) is 9.80 Å². The van der Waals surface area contributed by atoms with Crippen molar-refractivity contribution in [3.05, 3.63) is 66.2 Å². The van der Waals surface area contributed by atoms with Crippen molar-refractivity contribution in [2.45, 2.75) is 32.6 Å². The Kier molecular flexibility index (Phi) is 7.46. The van der Waals surface area contributed by atoms with Crippen molar-refractivity contribution in [3.63, 3.8) is 0 Å². The van der Waals surface area contributed by atoms with E-state index >= 15 is 0 Å². The summed E-state index contributed by atoms with van der Waals surface area (Å²) >= 11 is 0. The molecule has 2 aliphatic rings. The van der Waals surface area contributed by atoms with Crippen LogP contribution in [0.2, 0.25) is 0 Å². The molecule has 5 nitrogen and oxygen atoms in total. The van der Waals surface area contributed by atoms with Gasteiger partial charge in [-0.2, -0.15) is 0 Å². The molecule has 2 amide bonds. The minimum Gasteiger partial charge on any atom is -0.493 e. The Morgan fingerprint density at radius 3 is 2.22 bits per heavy atom. The van der Waals surface area contributed by atoms with Gasteiger partial charge in [0.15, 0.2) is 0 Å². The highest BCUT2D eigenvalue weighted by molar-refractivity contribution is 5.76. The average molecular weight is 435 g/mol. The molecule has 0 bridgehead atoms. The maximum absolute atomic E-state index is 13.0. The van der Waals surface area contributed by atoms with Crippen molar-refractivity contribution < 1.29 is 14.3 Å². The summed E-state index contributed by atoms with van der Waals surface area (Å²) in [6.07, 6.45) is 3.35. The van der Waals surface area contributed by atoms with E-state index in [0.717, 1.165) is 51.2 Å². The summed E-state index contributed by atoms with van der Waals surface area (Å²) < 4.78 is 6.13. The van der Waals surface area contributed by atoms with Crippen LogP contribution in [0.15, 0.2) is 60.7 Å². The number of amides is 2. The molecule has 4 rings (SSSR count). The number of likely N-dealkylation sites (tertiary alicyclic amines) is 2. The van der Waals surface area contributed by atoms with Gasteiger partial charge in [-0.1, -0.05) is 48.5 Å². The predicted molar refractivity (Wildman–Crippen MR) is 125 cm³/mol. The molecule has 2 aliphatic heterocycles. The molecule has 5 heteroatoms. The Morgan fingerprint density at radius 2 is 1.56 bits per heavy atom. The maximum Gasteiger partial charge on any atom is 0.222 e. The molecular formula is C27H34N2O3. The van der Waals surface area contributed by atoms with E-state index < -0.39 is 0 Å². The third-order valence-corrected chi connectivity index (χ3v) is 7.11. The third-order valence-electron chi connectivity index (χ3n) is 7.11. The molecule has 32 heavy (non-hydrogen) atoms. The number of hydrogen-bond acceptors (Lipinski definition) is 3. The van der Waals surface area contributed by atoms with E-state index in [2.05, 4.69) is 17.0 Å². The first kappa shape index (κ1) is 22.4. The lowest BCUT2D eigenvalue weighted by atomic mass is 9.78. The number of carbonyl (C=O) groups excluding carboxylic acids is 2. The van der Waals surface area contributed by atoms with Gasteiger partial charge in [0, 0.05) is 45.4 Å². The van der Waals surface area contributed by atoms with Crippen molar-refractivity contribution in [2.24, 2.45) is 17.8 Å². The van der Waals surface area contributed by atoms with Gasteiger partial charge in [0.1, 0.15) is 5.75 Å². The first-order chi connectivity index (χ1) is 15.6. The van der Waals surface area contributed by atoms with Crippen LogP contribution in [-0.2, 0) is 16.0 Å². The van der Waals surface area contributed by atoms with Crippen LogP contribution in [0, 0.1) is 17.8 Å². The molecule has 2 saturated heterocycles. The highest BCUT2D eigenvalue weighted by Gasteiger charge is 2.41. The minimum atomic E-state index is 0.163. The Bertz CT molecular complexity index is 878. The standard InChI is InChI=1S/C27H34N2O3/c1-21(30)28-16-14-23(15-17-28)26-19-29(27(31)13-12-22-8-4-2-5-9-22)18-24(26)20-32-25-10-6-3-7-11-25/h2-11,23-24,26H,12-20H2,1H3/t24-,26-/m0/s1. The lowest BCUT2D eigenvalue weighted by Crippen LogP contribution is -2.40. The van der Waals surface area contributed by atoms with Gasteiger partial charge in [-0.25, -0.2) is 0 Å². The van der Waals surface area contributed by atoms with Gasteiger partial charge in [0.25, 0.3) is 0 Å². The van der Waals surface area contributed by atoms with E-state index in [1.807, 2.05) is 53.4 Å². The number of ether oxygens (including phenoxy) is 1. The zero-order chi connectivity index (χ0) is 22.3. The summed E-state index contributed by atoms with van der Waals surface area (Å²) in [4.78, 5) is 28.8. The zero-order valence-electron chi connectivity index (χ0n) is 19.0. The summed E-state index contributed by atoms with van der Waals surface area (Å²) in [7, 11) is 0. The van der Waals surface area contributed by atoms with Crippen molar-refractivity contribution in [3.8, 4) is 5.75 Å². The van der Waals surface area contributed by atoms with E-state index in [4.69, 9.17) is 4.74 Å². The molecule has 0 unspecified atom stereocenters. The molecule has 0 spiro atoms. The molecule has 0 aromatic heterocycles. The Balaban J connectivity index is 1.38. The molecule has 2 fully saturated rings. The number of rotatable bonds is 7. The summed E-state index contributed by atoms with van der Waals surface area (Å²) in [6.45, 7) is 5.50. The van der Waals surface area contributed by atoms with Crippen LogP contribution in [-0.4, -0.2) is 54.4 Å². The Morgan fingerprint density at radius 1 is 0.906 bits per heavy atom. The van der Waals surface area contributed by atoms with Gasteiger partial charge in [0.05, 0.1) is 6.61 Å².